The quantitative estimate of drug-likeness (QED) is 0.905. The summed E-state index contributed by atoms with van der Waals surface area (Å²) < 4.78 is 54.4. The van der Waals surface area contributed by atoms with Gasteiger partial charge in [0.1, 0.15) is 11.5 Å². The molecule has 0 amide bonds. The van der Waals surface area contributed by atoms with Crippen LogP contribution in [0.4, 0.5) is 0 Å². The molecule has 108 valence electrons. The molecule has 3 nitrogen and oxygen atoms in total. The topological polar surface area (TPSA) is 44.5 Å². The van der Waals surface area contributed by atoms with Crippen LogP contribution in [-0.4, -0.2) is 20.6 Å². The molecular weight excluding hydrogens is 262 g/mol. The molecule has 1 aliphatic rings. The second kappa shape index (κ2) is 7.61. The lowest BCUT2D eigenvalue weighted by atomic mass is 9.94. The summed E-state index contributed by atoms with van der Waals surface area (Å²) in [5.41, 5.74) is 6.82. The van der Waals surface area contributed by atoms with Crippen LogP contribution in [0.25, 0.3) is 0 Å². The molecule has 1 fully saturated rings. The van der Waals surface area contributed by atoms with Crippen LogP contribution in [0.3, 0.4) is 0 Å². The van der Waals surface area contributed by atoms with Gasteiger partial charge in [-0.1, -0.05) is 12.8 Å². The maximum absolute atomic E-state index is 7.37. The molecule has 0 heterocycles. The van der Waals surface area contributed by atoms with E-state index in [9.17, 15) is 0 Å². The first-order valence-corrected chi connectivity index (χ1v) is 6.34. The molecule has 2 rings (SSSR count). The average Bonchev–Trinajstić information content (AvgIpc) is 2.92. The summed E-state index contributed by atoms with van der Waals surface area (Å²) in [6, 6.07) is 3.18. The molecular formula is C15H24ClNO2. The molecule has 1 aliphatic carbocycles. The number of ether oxygens (including phenoxy) is 2. The van der Waals surface area contributed by atoms with E-state index in [1.807, 2.05) is 0 Å². The van der Waals surface area contributed by atoms with Crippen molar-refractivity contribution in [1.82, 2.24) is 0 Å². The van der Waals surface area contributed by atoms with Gasteiger partial charge in [-0.3, -0.25) is 0 Å². The molecule has 0 radical (unpaired) electrons. The highest BCUT2D eigenvalue weighted by Gasteiger charge is 2.22. The summed E-state index contributed by atoms with van der Waals surface area (Å²) in [6.45, 7) is 0.285. The van der Waals surface area contributed by atoms with Gasteiger partial charge in [-0.2, -0.15) is 0 Å². The number of rotatable bonds is 5. The Morgan fingerprint density at radius 2 is 1.89 bits per heavy atom. The number of halogens is 1. The minimum absolute atomic E-state index is 0. The second-order valence-corrected chi connectivity index (χ2v) is 4.72. The van der Waals surface area contributed by atoms with Crippen molar-refractivity contribution in [3.05, 3.63) is 23.3 Å². The number of nitrogens with two attached hydrogens (primary N) is 1. The predicted molar refractivity (Wildman–Crippen MR) is 80.8 cm³/mol. The Morgan fingerprint density at radius 1 is 1.21 bits per heavy atom. The zero-order valence-electron chi connectivity index (χ0n) is 16.8. The number of methoxy groups -OCH3 is 2. The number of hydrogen-bond donors (Lipinski definition) is 1. The number of benzene rings is 1. The smallest absolute Gasteiger partial charge is 0.122 e. The van der Waals surface area contributed by atoms with Gasteiger partial charge in [0.05, 0.1) is 22.3 Å². The molecule has 19 heavy (non-hydrogen) atoms. The summed E-state index contributed by atoms with van der Waals surface area (Å²) in [5.74, 6) is 0.636. The summed E-state index contributed by atoms with van der Waals surface area (Å²) in [5, 5.41) is 0. The van der Waals surface area contributed by atoms with E-state index in [1.54, 1.807) is 12.1 Å². The monoisotopic (exact) mass is 291 g/mol. The molecule has 4 heteroatoms. The van der Waals surface area contributed by atoms with Gasteiger partial charge < -0.3 is 15.2 Å². The van der Waals surface area contributed by atoms with E-state index in [-0.39, 0.29) is 36.4 Å². The highest BCUT2D eigenvalue weighted by atomic mass is 35.5. The van der Waals surface area contributed by atoms with Crippen LogP contribution >= 0.6 is 12.4 Å². The fraction of sp³-hybridized carbons (Fsp3) is 0.600. The van der Waals surface area contributed by atoms with Crippen LogP contribution in [0.2, 0.25) is 0 Å². The van der Waals surface area contributed by atoms with E-state index < -0.39 is 14.1 Å². The third-order valence-electron chi connectivity index (χ3n) is 3.62. The molecule has 0 bridgehead atoms. The summed E-state index contributed by atoms with van der Waals surface area (Å²) >= 11 is 0. The van der Waals surface area contributed by atoms with E-state index in [2.05, 4.69) is 0 Å². The van der Waals surface area contributed by atoms with Gasteiger partial charge in [0.15, 0.2) is 0 Å². The van der Waals surface area contributed by atoms with Crippen LogP contribution in [0.15, 0.2) is 12.1 Å². The standard InChI is InChI=1S/C15H23NO2.ClH/c1-17-14-10-13(11-5-3-4-6-11)15(18-2)9-12(14)7-8-16;/h9-11H,3-8,16H2,1-2H3;1H/i1D3,2D3;. The lowest BCUT2D eigenvalue weighted by Gasteiger charge is -2.18. The van der Waals surface area contributed by atoms with E-state index >= 15 is 0 Å². The predicted octanol–water partition coefficient (Wildman–Crippen LogP) is 3.28. The Balaban J connectivity index is 0.00000312. The minimum Gasteiger partial charge on any atom is -0.496 e. The average molecular weight is 292 g/mol. The third-order valence-corrected chi connectivity index (χ3v) is 3.62. The second-order valence-electron chi connectivity index (χ2n) is 4.72. The lowest BCUT2D eigenvalue weighted by molar-refractivity contribution is 0.391. The maximum atomic E-state index is 7.37. The van der Waals surface area contributed by atoms with Crippen LogP contribution < -0.4 is 15.2 Å². The van der Waals surface area contributed by atoms with Crippen molar-refractivity contribution in [2.24, 2.45) is 5.73 Å². The van der Waals surface area contributed by atoms with Crippen LogP contribution in [0, 0.1) is 0 Å². The largest absolute Gasteiger partial charge is 0.496 e. The first-order valence-electron chi connectivity index (χ1n) is 9.34. The molecule has 0 atom stereocenters. The third kappa shape index (κ3) is 3.54. The van der Waals surface area contributed by atoms with Crippen molar-refractivity contribution >= 4 is 12.4 Å². The zero-order chi connectivity index (χ0) is 18.0. The fourth-order valence-corrected chi connectivity index (χ4v) is 2.71. The molecule has 1 aromatic carbocycles. The van der Waals surface area contributed by atoms with E-state index in [4.69, 9.17) is 23.4 Å². The van der Waals surface area contributed by atoms with Crippen molar-refractivity contribution in [2.45, 2.75) is 38.0 Å². The molecule has 0 aliphatic heterocycles. The molecule has 0 unspecified atom stereocenters. The summed E-state index contributed by atoms with van der Waals surface area (Å²) in [6.07, 6.45) is 4.31. The fourth-order valence-electron chi connectivity index (χ4n) is 2.71. The minimum atomic E-state index is -2.58. The van der Waals surface area contributed by atoms with Gasteiger partial charge in [0.25, 0.3) is 0 Å². The van der Waals surface area contributed by atoms with E-state index in [0.29, 0.717) is 17.5 Å². The van der Waals surface area contributed by atoms with Crippen LogP contribution in [-0.2, 0) is 6.42 Å². The van der Waals surface area contributed by atoms with E-state index in [0.717, 1.165) is 25.7 Å². The molecule has 1 aromatic rings. The van der Waals surface area contributed by atoms with Crippen molar-refractivity contribution < 1.29 is 17.7 Å². The Labute approximate surface area is 130 Å². The Kier molecular flexibility index (Phi) is 3.64. The van der Waals surface area contributed by atoms with Crippen molar-refractivity contribution in [1.29, 1.82) is 0 Å². The molecule has 0 aromatic heterocycles. The van der Waals surface area contributed by atoms with Crippen molar-refractivity contribution in [2.75, 3.05) is 20.6 Å². The summed E-state index contributed by atoms with van der Waals surface area (Å²) in [4.78, 5) is 0. The van der Waals surface area contributed by atoms with Crippen molar-refractivity contribution in [3.8, 4) is 11.5 Å². The first-order chi connectivity index (χ1) is 11.1. The summed E-state index contributed by atoms with van der Waals surface area (Å²) in [7, 11) is -5.15. The SMILES string of the molecule is Cl.[2H]C([2H])([2H])Oc1cc(C2CCCC2)c(OC([2H])([2H])[2H])cc1CCN. The van der Waals surface area contributed by atoms with Crippen LogP contribution in [0.5, 0.6) is 11.5 Å². The molecule has 0 spiro atoms. The Hall–Kier alpha value is -0.930. The molecule has 0 saturated heterocycles. The maximum Gasteiger partial charge on any atom is 0.122 e. The molecule has 1 saturated carbocycles. The highest BCUT2D eigenvalue weighted by Crippen LogP contribution is 2.41. The van der Waals surface area contributed by atoms with Gasteiger partial charge in [0, 0.05) is 5.56 Å². The Bertz CT molecular complexity index is 570. The normalized spacial score (nSPS) is 21.1. The first kappa shape index (κ1) is 9.09. The van der Waals surface area contributed by atoms with Crippen molar-refractivity contribution in [3.63, 3.8) is 0 Å². The zero-order valence-corrected chi connectivity index (χ0v) is 11.6. The van der Waals surface area contributed by atoms with Gasteiger partial charge in [-0.25, -0.2) is 0 Å². The van der Waals surface area contributed by atoms with Gasteiger partial charge in [0.2, 0.25) is 0 Å². The number of hydrogen-bond acceptors (Lipinski definition) is 3. The molecule has 2 N–H and O–H groups in total. The lowest BCUT2D eigenvalue weighted by Crippen LogP contribution is -2.06. The Morgan fingerprint density at radius 3 is 2.53 bits per heavy atom. The van der Waals surface area contributed by atoms with Gasteiger partial charge in [-0.15, -0.1) is 12.4 Å². The van der Waals surface area contributed by atoms with Crippen LogP contribution in [0.1, 0.15) is 51.0 Å². The van der Waals surface area contributed by atoms with Gasteiger partial charge in [-0.05, 0) is 49.4 Å². The van der Waals surface area contributed by atoms with E-state index in [1.165, 1.54) is 0 Å². The highest BCUT2D eigenvalue weighted by molar-refractivity contribution is 5.85. The van der Waals surface area contributed by atoms with Gasteiger partial charge >= 0.3 is 0 Å².